The average Bonchev–Trinajstić information content (AvgIpc) is 1.70. The predicted octanol–water partition coefficient (Wildman–Crippen LogP) is -1.08. The molecule has 0 aliphatic carbocycles. The molecular weight excluding hydrogens is 1740 g/mol. The maximum Gasteiger partial charge on any atom is 0.303 e. The quantitative estimate of drug-likeness (QED) is 0.0291. The third-order valence-electron chi connectivity index (χ3n) is 23.4. The van der Waals surface area contributed by atoms with Crippen LogP contribution in [0.4, 0.5) is 0 Å². The largest absolute Gasteiger partial charge is 0.508 e. The molecule has 17 amide bonds. The van der Waals surface area contributed by atoms with Crippen LogP contribution in [0.15, 0.2) is 97.7 Å². The number of benzene rings is 3. The van der Waals surface area contributed by atoms with Gasteiger partial charge in [0.05, 0.1) is 31.6 Å². The minimum Gasteiger partial charge on any atom is -0.508 e. The van der Waals surface area contributed by atoms with Crippen LogP contribution in [0.25, 0.3) is 21.8 Å². The molecule has 2 aliphatic heterocycles. The molecule has 6 aromatic rings. The van der Waals surface area contributed by atoms with E-state index >= 15 is 28.8 Å². The number of para-hydroxylation sites is 2. The summed E-state index contributed by atoms with van der Waals surface area (Å²) in [6.45, 7) is 7.85. The van der Waals surface area contributed by atoms with E-state index in [0.29, 0.717) is 64.2 Å². The van der Waals surface area contributed by atoms with Gasteiger partial charge in [-0.2, -0.15) is 0 Å². The van der Waals surface area contributed by atoms with Gasteiger partial charge in [-0.05, 0) is 112 Å². The van der Waals surface area contributed by atoms with Crippen molar-refractivity contribution >= 4 is 140 Å². The van der Waals surface area contributed by atoms with Crippen molar-refractivity contribution in [2.45, 2.75) is 229 Å². The number of hydrogen-bond donors (Lipinski definition) is 18. The lowest BCUT2D eigenvalue weighted by atomic mass is 9.99. The highest BCUT2D eigenvalue weighted by atomic mass is 32.2. The summed E-state index contributed by atoms with van der Waals surface area (Å²) in [7, 11) is 3.99. The number of fused-ring (bicyclic) bond motifs is 3. The molecule has 0 bridgehead atoms. The summed E-state index contributed by atoms with van der Waals surface area (Å²) in [6, 6.07) is -0.0804. The number of phenols is 1. The Balaban J connectivity index is 1.19. The molecule has 5 heterocycles. The molecule has 3 aromatic heterocycles. The van der Waals surface area contributed by atoms with Gasteiger partial charge in [0, 0.05) is 118 Å². The molecule has 2 aliphatic rings. The van der Waals surface area contributed by atoms with Gasteiger partial charge >= 0.3 is 5.97 Å². The zero-order valence-corrected chi connectivity index (χ0v) is 77.2. The molecule has 3 aromatic carbocycles. The molecule has 43 heteroatoms. The molecule has 0 saturated carbocycles. The van der Waals surface area contributed by atoms with E-state index in [1.54, 1.807) is 74.8 Å². The van der Waals surface area contributed by atoms with Crippen LogP contribution in [0.5, 0.6) is 5.75 Å². The number of amides is 17. The summed E-state index contributed by atoms with van der Waals surface area (Å²) in [5, 5.41) is 48.1. The summed E-state index contributed by atoms with van der Waals surface area (Å²) in [5.41, 5.74) is 20.4. The first-order chi connectivity index (χ1) is 63.3. The highest BCUT2D eigenvalue weighted by Gasteiger charge is 2.44. The van der Waals surface area contributed by atoms with Crippen molar-refractivity contribution in [3.63, 3.8) is 0 Å². The van der Waals surface area contributed by atoms with E-state index in [1.807, 2.05) is 13.8 Å². The minimum absolute atomic E-state index is 0.0344. The molecule has 0 spiro atoms. The van der Waals surface area contributed by atoms with Crippen LogP contribution in [0.2, 0.25) is 0 Å². The number of nitrogens with zero attached hydrogens (tertiary/aromatic N) is 6. The Morgan fingerprint density at radius 1 is 0.549 bits per heavy atom. The van der Waals surface area contributed by atoms with Crippen LogP contribution in [0, 0.1) is 5.92 Å². The minimum atomic E-state index is -1.80. The Bertz CT molecular complexity index is 5100. The second-order valence-electron chi connectivity index (χ2n) is 33.8. The van der Waals surface area contributed by atoms with E-state index in [0.717, 1.165) is 26.5 Å². The number of nitrogens with one attached hydrogen (secondary N) is 13. The molecule has 8 rings (SSSR count). The van der Waals surface area contributed by atoms with Crippen LogP contribution in [0.1, 0.15) is 147 Å². The SMILES string of the molecule is CCCC[C@H]1C(=O)N(C)[C@@H](CCCC)C(=O)N[C@@H](CC(C)C)C(=O)N[C@H](C(=O)NCC(N)=O)CSCC(=O)N[C@@H](Cc2ccc(O)cc2)C(=O)N(C)[C@@H](C)C(=O)N[C@@H](CC(N)=O)C(=O)N2CCC[C@H]2C(=O)N[C@@H](Cc2cnc[nH]2)C(=O)N[C@@H](CCC(=O)O)C(=O)N(CC)CC(=O)N[C@@H](Cc2c[nH]c3ccccc23)C(=O)N[C@@H](CCN)C(=O)N[C@@H](Cc2c[nH]c3ccccc23)C(=O)N1C. The first kappa shape index (κ1) is 105. The zero-order valence-electron chi connectivity index (χ0n) is 76.4. The van der Waals surface area contributed by atoms with Gasteiger partial charge in [0.1, 0.15) is 84.3 Å². The first-order valence-corrected chi connectivity index (χ1v) is 45.8. The predicted molar refractivity (Wildman–Crippen MR) is 490 cm³/mol. The normalized spacial score (nSPS) is 23.5. The van der Waals surface area contributed by atoms with E-state index < -0.39 is 229 Å². The number of carboxylic acids is 1. The lowest BCUT2D eigenvalue weighted by Crippen LogP contribution is -2.61. The number of aromatic amines is 3. The number of hydrogen-bond acceptors (Lipinski definition) is 22. The van der Waals surface area contributed by atoms with E-state index in [4.69, 9.17) is 17.2 Å². The number of likely N-dealkylation sites (N-methyl/N-ethyl adjacent to an activating group) is 4. The lowest BCUT2D eigenvalue weighted by Gasteiger charge is -2.36. The van der Waals surface area contributed by atoms with Gasteiger partial charge in [0.25, 0.3) is 0 Å². The molecule has 0 radical (unpaired) electrons. The smallest absolute Gasteiger partial charge is 0.303 e. The van der Waals surface area contributed by atoms with Crippen molar-refractivity contribution in [1.29, 1.82) is 0 Å². The summed E-state index contributed by atoms with van der Waals surface area (Å²) in [5.74, 6) is -18.5. The molecule has 133 heavy (non-hydrogen) atoms. The Labute approximate surface area is 773 Å². The molecule has 13 atom stereocenters. The van der Waals surface area contributed by atoms with Gasteiger partial charge < -0.3 is 120 Å². The molecule has 0 unspecified atom stereocenters. The van der Waals surface area contributed by atoms with Crippen LogP contribution in [-0.2, 0) is 112 Å². The Morgan fingerprint density at radius 3 is 1.68 bits per heavy atom. The first-order valence-electron chi connectivity index (χ1n) is 44.6. The summed E-state index contributed by atoms with van der Waals surface area (Å²) >= 11 is 0.792. The van der Waals surface area contributed by atoms with E-state index in [2.05, 4.69) is 73.1 Å². The van der Waals surface area contributed by atoms with E-state index in [1.165, 1.54) is 81.6 Å². The van der Waals surface area contributed by atoms with Crippen LogP contribution < -0.4 is 70.4 Å². The van der Waals surface area contributed by atoms with Crippen LogP contribution >= 0.6 is 11.8 Å². The molecule has 21 N–H and O–H groups in total. The molecular formula is C90H126N22O20S. The highest BCUT2D eigenvalue weighted by Crippen LogP contribution is 2.27. The van der Waals surface area contributed by atoms with Gasteiger partial charge in [0.15, 0.2) is 0 Å². The maximum atomic E-state index is 15.8. The van der Waals surface area contributed by atoms with Crippen LogP contribution in [-0.4, -0.2) is 305 Å². The molecule has 42 nitrogen and oxygen atoms in total. The number of carbonyl (C=O) groups is 18. The second kappa shape index (κ2) is 50.8. The number of carboxylic acid groups (broad SMARTS) is 1. The highest BCUT2D eigenvalue weighted by molar-refractivity contribution is 8.00. The van der Waals surface area contributed by atoms with Gasteiger partial charge in [-0.1, -0.05) is 102 Å². The van der Waals surface area contributed by atoms with Crippen molar-refractivity contribution in [3.05, 3.63) is 120 Å². The number of aromatic nitrogens is 4. The number of phenolic OH excluding ortho intramolecular Hbond substituents is 1. The van der Waals surface area contributed by atoms with Crippen molar-refractivity contribution in [3.8, 4) is 5.75 Å². The Morgan fingerprint density at radius 2 is 1.09 bits per heavy atom. The second-order valence-corrected chi connectivity index (χ2v) is 34.9. The Kier molecular flexibility index (Phi) is 40.1. The summed E-state index contributed by atoms with van der Waals surface area (Å²) in [4.78, 5) is 280. The number of aromatic hydroxyl groups is 1. The third kappa shape index (κ3) is 30.3. The van der Waals surface area contributed by atoms with Gasteiger partial charge in [-0.3, -0.25) is 86.3 Å². The van der Waals surface area contributed by atoms with Crippen molar-refractivity contribution in [2.24, 2.45) is 23.1 Å². The molecule has 722 valence electrons. The number of aliphatic carboxylic acids is 1. The number of H-pyrrole nitrogens is 3. The number of rotatable bonds is 27. The van der Waals surface area contributed by atoms with Crippen molar-refractivity contribution in [2.75, 3.05) is 65.4 Å². The average molecular weight is 1870 g/mol. The van der Waals surface area contributed by atoms with Gasteiger partial charge in [-0.15, -0.1) is 11.8 Å². The standard InChI is InChI=1S/C90H126N22O20S/c1-10-13-24-70-84(126)103-63(36-50(4)5)81(123)107-69(79(121)97-45-74(93)115)47-133-48-76(117)100-66(37-52-27-29-56(113)30-28-52)86(128)108(7)51(6)78(120)105-68(41-73(92)114)89(131)112-35-19-26-71(112)85(127)104-65(40-55-44-94-49-98-55)83(125)102-62(31-32-77(118)119)88(130)111(12-3)46-75(116)99-64(38-53-42-95-59-22-17-15-20-57(53)59)82(124)101-61(33-34-91)80(122)106-67(39-54-43-96-60-23-18-16-21-58(54)60)87(129)110(9)72(25-14-11-2)90(132)109(70)8/h15-18,20-23,27-30,42-44,49-51,61-72,95-96,113H,10-14,19,24-26,31-41,45-48,91H2,1-9H3,(H2,92,114)(H2,93,115)(H,94,98)(H,97,121)(H,99,116)(H,100,117)(H,101,124)(H,102,125)(H,103,126)(H,104,127)(H,105,120)(H,106,122)(H,107,123)(H,118,119)/t51-,61-,62-,63-,64-,65-,66-,67-,68-,69-,70-,71-,72-/m0/s1. The third-order valence-corrected chi connectivity index (χ3v) is 24.5. The number of primary amides is 2. The van der Waals surface area contributed by atoms with Crippen LogP contribution in [0.3, 0.4) is 0 Å². The van der Waals surface area contributed by atoms with E-state index in [-0.39, 0.29) is 101 Å². The maximum absolute atomic E-state index is 15.8. The lowest BCUT2D eigenvalue weighted by molar-refractivity contribution is -0.149. The summed E-state index contributed by atoms with van der Waals surface area (Å²) in [6.07, 6.45) is 4.30. The number of imidazole rings is 1. The van der Waals surface area contributed by atoms with Crippen molar-refractivity contribution < 1.29 is 96.5 Å². The van der Waals surface area contributed by atoms with Gasteiger partial charge in [-0.25, -0.2) is 4.98 Å². The monoisotopic (exact) mass is 1870 g/mol. The fourth-order valence-corrected chi connectivity index (χ4v) is 16.8. The number of unbranched alkanes of at least 4 members (excludes halogenated alkanes) is 2. The van der Waals surface area contributed by atoms with E-state index in [9.17, 15) is 67.7 Å². The topological polar surface area (TPSA) is 623 Å². The Hall–Kier alpha value is -13.5. The number of carbonyl (C=O) groups excluding carboxylic acids is 17. The number of nitrogens with two attached hydrogens (primary N) is 3. The van der Waals surface area contributed by atoms with Crippen molar-refractivity contribution in [1.82, 2.24) is 97.6 Å². The zero-order chi connectivity index (χ0) is 97.4. The van der Waals surface area contributed by atoms with Gasteiger partial charge in [0.2, 0.25) is 100 Å². The number of thioether (sulfide) groups is 1. The molecule has 2 fully saturated rings. The summed E-state index contributed by atoms with van der Waals surface area (Å²) < 4.78 is 0. The fourth-order valence-electron chi connectivity index (χ4n) is 16.0. The fraction of sp³-hybridized carbons (Fsp3) is 0.522. The molecule has 2 saturated heterocycles.